The van der Waals surface area contributed by atoms with E-state index in [1.807, 2.05) is 13.0 Å². The average Bonchev–Trinajstić information content (AvgIpc) is 2.87. The van der Waals surface area contributed by atoms with E-state index in [4.69, 9.17) is 51.4 Å². The van der Waals surface area contributed by atoms with Crippen LogP contribution in [0, 0.1) is 11.3 Å². The zero-order chi connectivity index (χ0) is 27.6. The fourth-order valence-corrected chi connectivity index (χ4v) is 7.91. The van der Waals surface area contributed by atoms with Crippen LogP contribution >= 0.6 is 48.3 Å². The van der Waals surface area contributed by atoms with E-state index in [0.29, 0.717) is 29.6 Å². The number of thioether (sulfide) groups is 1. The van der Waals surface area contributed by atoms with E-state index in [9.17, 15) is 9.36 Å². The Morgan fingerprint density at radius 2 is 1.81 bits per heavy atom. The summed E-state index contributed by atoms with van der Waals surface area (Å²) in [6.45, 7) is 0.103. The van der Waals surface area contributed by atoms with Crippen molar-refractivity contribution in [2.24, 2.45) is 5.16 Å². The van der Waals surface area contributed by atoms with Crippen LogP contribution in [0.25, 0.3) is 0 Å². The summed E-state index contributed by atoms with van der Waals surface area (Å²) in [6, 6.07) is 8.74. The van der Waals surface area contributed by atoms with Crippen LogP contribution in [-0.2, 0) is 43.9 Å². The van der Waals surface area contributed by atoms with Crippen molar-refractivity contribution in [2.75, 3.05) is 46.0 Å². The molecule has 0 saturated carbocycles. The quantitative estimate of drug-likeness (QED) is 0.109. The van der Waals surface area contributed by atoms with Crippen molar-refractivity contribution in [3.05, 3.63) is 34.9 Å². The molecule has 1 N–H and O–H groups in total. The predicted octanol–water partition coefficient (Wildman–Crippen LogP) is 5.87. The number of nitrogens with one attached hydrogen (secondary N) is 1. The molecule has 1 amide bonds. The molecule has 36 heavy (non-hydrogen) atoms. The van der Waals surface area contributed by atoms with E-state index in [1.165, 1.54) is 26.0 Å². The van der Waals surface area contributed by atoms with Crippen LogP contribution in [-0.4, -0.2) is 62.9 Å². The van der Waals surface area contributed by atoms with Gasteiger partial charge in [-0.1, -0.05) is 35.0 Å². The molecule has 0 spiro atoms. The largest absolute Gasteiger partial charge is 0.402 e. The van der Waals surface area contributed by atoms with Crippen LogP contribution in [0.2, 0.25) is 5.02 Å². The lowest BCUT2D eigenvalue weighted by atomic mass is 10.1. The Morgan fingerprint density at radius 1 is 1.22 bits per heavy atom. The van der Waals surface area contributed by atoms with Gasteiger partial charge in [-0.05, 0) is 38.2 Å². The fourth-order valence-electron chi connectivity index (χ4n) is 2.11. The number of rotatable bonds is 15. The van der Waals surface area contributed by atoms with Gasteiger partial charge in [0.05, 0.1) is 23.5 Å². The van der Waals surface area contributed by atoms with Gasteiger partial charge < -0.3 is 19.0 Å². The van der Waals surface area contributed by atoms with Crippen LogP contribution < -0.4 is 5.32 Å². The molecule has 1 aromatic carbocycles. The molecule has 0 saturated heterocycles. The van der Waals surface area contributed by atoms with E-state index in [0.717, 1.165) is 17.1 Å². The molecule has 0 aliphatic heterocycles. The van der Waals surface area contributed by atoms with Crippen molar-refractivity contribution in [1.29, 1.82) is 5.26 Å². The van der Waals surface area contributed by atoms with Gasteiger partial charge in [-0.15, -0.1) is 11.8 Å². The fraction of sp³-hybridized carbons (Fsp3) is 0.550. The van der Waals surface area contributed by atoms with Crippen molar-refractivity contribution in [3.8, 4) is 6.07 Å². The van der Waals surface area contributed by atoms with Crippen LogP contribution in [0.3, 0.4) is 0 Å². The maximum Gasteiger partial charge on any atom is 0.402 e. The molecule has 0 heterocycles. The summed E-state index contributed by atoms with van der Waals surface area (Å²) in [6.07, 6.45) is 0. The van der Waals surface area contributed by atoms with Crippen molar-refractivity contribution >= 4 is 71.7 Å². The van der Waals surface area contributed by atoms with Gasteiger partial charge in [0.15, 0.2) is 5.71 Å². The number of nitriles is 1. The molecule has 0 fully saturated rings. The first-order valence-corrected chi connectivity index (χ1v) is 17.7. The lowest BCUT2D eigenvalue weighted by Crippen LogP contribution is -2.27. The number of carbonyl (C=O) groups excluding carboxylic acids is 1. The molecule has 1 atom stereocenters. The van der Waals surface area contributed by atoms with Crippen LogP contribution in [0.1, 0.15) is 26.3 Å². The Bertz CT molecular complexity index is 964. The molecule has 0 radical (unpaired) electrons. The number of oxime groups is 1. The summed E-state index contributed by atoms with van der Waals surface area (Å²) in [5.74, 6) is 1.33. The van der Waals surface area contributed by atoms with Crippen molar-refractivity contribution in [3.63, 3.8) is 0 Å². The molecule has 204 valence electrons. The first-order valence-electron chi connectivity index (χ1n) is 10.5. The Morgan fingerprint density at radius 3 is 2.28 bits per heavy atom. The molecular formula is C20H32ClN3O7P2S3. The monoisotopic (exact) mass is 619 g/mol. The summed E-state index contributed by atoms with van der Waals surface area (Å²) < 4.78 is 36.8. The van der Waals surface area contributed by atoms with Crippen LogP contribution in [0.5, 0.6) is 0 Å². The highest BCUT2D eigenvalue weighted by Crippen LogP contribution is 2.59. The zero-order valence-corrected chi connectivity index (χ0v) is 26.0. The molecule has 0 aromatic heterocycles. The first kappa shape index (κ1) is 35.4. The lowest BCUT2D eigenvalue weighted by molar-refractivity contribution is -0.119. The highest BCUT2D eigenvalue weighted by molar-refractivity contribution is 8.55. The van der Waals surface area contributed by atoms with E-state index in [1.54, 1.807) is 45.2 Å². The summed E-state index contributed by atoms with van der Waals surface area (Å²) in [5, 5.41) is 15.8. The van der Waals surface area contributed by atoms with Gasteiger partial charge in [0.25, 0.3) is 0 Å². The highest BCUT2D eigenvalue weighted by Gasteiger charge is 2.22. The number of halogens is 1. The molecule has 10 nitrogen and oxygen atoms in total. The highest BCUT2D eigenvalue weighted by atomic mass is 35.5. The Balaban J connectivity index is 0.000000700. The minimum absolute atomic E-state index is 0.00309. The second-order valence-corrected chi connectivity index (χ2v) is 15.3. The normalized spacial score (nSPS) is 12.7. The second-order valence-electron chi connectivity index (χ2n) is 6.17. The average molecular weight is 620 g/mol. The van der Waals surface area contributed by atoms with E-state index in [2.05, 4.69) is 10.5 Å². The molecular weight excluding hydrogens is 588 g/mol. The predicted molar refractivity (Wildman–Crippen MR) is 152 cm³/mol. The maximum absolute atomic E-state index is 11.6. The zero-order valence-electron chi connectivity index (χ0n) is 21.0. The van der Waals surface area contributed by atoms with Gasteiger partial charge in [0.2, 0.25) is 5.91 Å². The third kappa shape index (κ3) is 13.8. The summed E-state index contributed by atoms with van der Waals surface area (Å²) >= 11 is 13.8. The molecule has 0 bridgehead atoms. The number of nitrogens with zero attached hydrogens (tertiary/aromatic N) is 2. The van der Waals surface area contributed by atoms with Crippen molar-refractivity contribution in [1.82, 2.24) is 5.32 Å². The Kier molecular flexibility index (Phi) is 19.1. The van der Waals surface area contributed by atoms with Gasteiger partial charge in [-0.2, -0.15) is 5.26 Å². The molecule has 1 aromatic rings. The smallest absolute Gasteiger partial charge is 0.358 e. The van der Waals surface area contributed by atoms with E-state index >= 15 is 0 Å². The number of benzene rings is 1. The maximum atomic E-state index is 11.6. The van der Waals surface area contributed by atoms with Crippen molar-refractivity contribution in [2.45, 2.75) is 26.0 Å². The number of hydrogen-bond acceptors (Lipinski definition) is 12. The van der Waals surface area contributed by atoms with Gasteiger partial charge in [0, 0.05) is 50.1 Å². The molecule has 0 aliphatic rings. The Hall–Kier alpha value is -0.640. The van der Waals surface area contributed by atoms with E-state index < -0.39 is 13.5 Å². The molecule has 1 unspecified atom stereocenters. The topological polar surface area (TPSA) is 128 Å². The van der Waals surface area contributed by atoms with Gasteiger partial charge >= 0.3 is 13.5 Å². The van der Waals surface area contributed by atoms with Crippen LogP contribution in [0.4, 0.5) is 0 Å². The molecule has 1 rings (SSSR count). The standard InChI is InChI=1S/C12H14ClN2O3PS.C8H18NO4PS2/c1-3-16-19(20,17-4-2)18-15-12(9-14)10-7-5-6-8-11(10)13;1-7(8(10)9-2)15-5-6-16-14(11,12-3)13-4/h5-8H,3-4H2,1-2H3;7H,5-6H2,1-4H3,(H,9,10)/b15-12-;. The molecule has 0 aliphatic carbocycles. The number of carbonyl (C=O) groups is 1. The van der Waals surface area contributed by atoms with E-state index in [-0.39, 0.29) is 16.9 Å². The minimum atomic E-state index is -2.97. The minimum Gasteiger partial charge on any atom is -0.358 e. The summed E-state index contributed by atoms with van der Waals surface area (Å²) in [5.41, 5.74) is 0.482. The van der Waals surface area contributed by atoms with Crippen molar-refractivity contribution < 1.29 is 32.1 Å². The Labute approximate surface area is 231 Å². The van der Waals surface area contributed by atoms with Crippen LogP contribution in [0.15, 0.2) is 29.4 Å². The first-order chi connectivity index (χ1) is 17.0. The third-order valence-corrected chi connectivity index (χ3v) is 11.8. The van der Waals surface area contributed by atoms with Gasteiger partial charge in [-0.3, -0.25) is 13.8 Å². The third-order valence-electron chi connectivity index (χ3n) is 3.80. The SMILES string of the molecule is CCOP(=S)(OCC)O/N=C(/C#N)c1ccccc1Cl.CNC(=O)C(C)SCCSP(=O)(OC)OC. The number of amides is 1. The van der Waals surface area contributed by atoms with Gasteiger partial charge in [-0.25, -0.2) is 4.57 Å². The molecule has 16 heteroatoms. The summed E-state index contributed by atoms with van der Waals surface area (Å²) in [7, 11) is 4.33. The van der Waals surface area contributed by atoms with Gasteiger partial charge in [0.1, 0.15) is 6.07 Å². The number of hydrogen-bond donors (Lipinski definition) is 1. The second kappa shape index (κ2) is 19.4. The summed E-state index contributed by atoms with van der Waals surface area (Å²) in [4.78, 5) is 11.2. The lowest BCUT2D eigenvalue weighted by Gasteiger charge is -2.17.